The van der Waals surface area contributed by atoms with Crippen molar-refractivity contribution < 1.29 is 0 Å². The average Bonchev–Trinajstić information content (AvgIpc) is 2.77. The zero-order valence-electron chi connectivity index (χ0n) is 11.2. The number of nitrogens with zero attached hydrogens (tertiary/aromatic N) is 1. The Labute approximate surface area is 113 Å². The van der Waals surface area contributed by atoms with Gasteiger partial charge in [-0.15, -0.1) is 11.3 Å². The van der Waals surface area contributed by atoms with E-state index in [1.165, 1.54) is 21.8 Å². The molecule has 1 aromatic carbocycles. The molecule has 2 rings (SSSR count). The monoisotopic (exact) mass is 260 g/mol. The number of rotatable bonds is 3. The van der Waals surface area contributed by atoms with Gasteiger partial charge in [-0.25, -0.2) is 4.98 Å². The van der Waals surface area contributed by atoms with E-state index in [1.54, 1.807) is 11.3 Å². The van der Waals surface area contributed by atoms with Crippen molar-refractivity contribution in [3.05, 3.63) is 51.5 Å². The van der Waals surface area contributed by atoms with Crippen LogP contribution in [0.25, 0.3) is 0 Å². The third kappa shape index (κ3) is 3.18. The lowest BCUT2D eigenvalue weighted by molar-refractivity contribution is 0.571. The Morgan fingerprint density at radius 1 is 1.22 bits per heavy atom. The van der Waals surface area contributed by atoms with Gasteiger partial charge in [0.05, 0.1) is 10.7 Å². The average molecular weight is 260 g/mol. The molecule has 0 aliphatic rings. The summed E-state index contributed by atoms with van der Waals surface area (Å²) in [4.78, 5) is 4.72. The highest BCUT2D eigenvalue weighted by molar-refractivity contribution is 7.09. The molecule has 2 aromatic rings. The first-order chi connectivity index (χ1) is 8.49. The fourth-order valence-electron chi connectivity index (χ4n) is 1.78. The molecule has 0 radical (unpaired) electrons. The largest absolute Gasteiger partial charge is 0.326 e. The molecule has 2 nitrogen and oxygen atoms in total. The van der Waals surface area contributed by atoms with E-state index in [0.717, 1.165) is 6.42 Å². The lowest BCUT2D eigenvalue weighted by Gasteiger charge is -2.14. The Morgan fingerprint density at radius 2 is 1.94 bits per heavy atom. The van der Waals surface area contributed by atoms with Crippen molar-refractivity contribution in [3.8, 4) is 0 Å². The second-order valence-corrected chi connectivity index (χ2v) is 6.52. The molecule has 0 fully saturated rings. The highest BCUT2D eigenvalue weighted by atomic mass is 32.1. The molecule has 0 spiro atoms. The second-order valence-electron chi connectivity index (χ2n) is 5.58. The zero-order valence-corrected chi connectivity index (χ0v) is 12.1. The minimum absolute atomic E-state index is 0.133. The summed E-state index contributed by atoms with van der Waals surface area (Å²) in [7, 11) is 0. The topological polar surface area (TPSA) is 38.9 Å². The maximum absolute atomic E-state index is 5.66. The van der Waals surface area contributed by atoms with E-state index < -0.39 is 0 Å². The normalized spacial score (nSPS) is 11.8. The smallest absolute Gasteiger partial charge is 0.0972 e. The van der Waals surface area contributed by atoms with E-state index in [0.29, 0.717) is 6.54 Å². The maximum atomic E-state index is 5.66. The third-order valence-corrected chi connectivity index (χ3v) is 3.75. The molecule has 18 heavy (non-hydrogen) atoms. The van der Waals surface area contributed by atoms with Crippen LogP contribution in [-0.4, -0.2) is 4.98 Å². The molecule has 1 heterocycles. The predicted octanol–water partition coefficient (Wildman–Crippen LogP) is 3.49. The van der Waals surface area contributed by atoms with Crippen LogP contribution in [0.1, 0.15) is 42.6 Å². The summed E-state index contributed by atoms with van der Waals surface area (Å²) >= 11 is 1.74. The fraction of sp³-hybridized carbons (Fsp3) is 0.400. The number of hydrogen-bond acceptors (Lipinski definition) is 3. The van der Waals surface area contributed by atoms with Crippen LogP contribution in [0.5, 0.6) is 0 Å². The van der Waals surface area contributed by atoms with Crippen LogP contribution in [0.2, 0.25) is 0 Å². The summed E-state index contributed by atoms with van der Waals surface area (Å²) in [6.45, 7) is 7.18. The quantitative estimate of drug-likeness (QED) is 0.917. The summed E-state index contributed by atoms with van der Waals surface area (Å²) in [5, 5.41) is 3.34. The van der Waals surface area contributed by atoms with Crippen molar-refractivity contribution in [2.45, 2.75) is 39.2 Å². The van der Waals surface area contributed by atoms with Crippen LogP contribution in [0.3, 0.4) is 0 Å². The molecule has 96 valence electrons. The van der Waals surface area contributed by atoms with Gasteiger partial charge >= 0.3 is 0 Å². The first kappa shape index (κ1) is 13.2. The molecule has 2 N–H and O–H groups in total. The van der Waals surface area contributed by atoms with Crippen LogP contribution in [0.4, 0.5) is 0 Å². The van der Waals surface area contributed by atoms with E-state index >= 15 is 0 Å². The zero-order chi connectivity index (χ0) is 13.2. The molecule has 0 saturated carbocycles. The van der Waals surface area contributed by atoms with Gasteiger partial charge in [-0.2, -0.15) is 0 Å². The van der Waals surface area contributed by atoms with Crippen molar-refractivity contribution in [2.24, 2.45) is 5.73 Å². The summed E-state index contributed by atoms with van der Waals surface area (Å²) in [5.41, 5.74) is 9.44. The van der Waals surface area contributed by atoms with Crippen molar-refractivity contribution in [1.82, 2.24) is 4.98 Å². The van der Waals surface area contributed by atoms with Crippen molar-refractivity contribution in [2.75, 3.05) is 0 Å². The number of benzene rings is 1. The Balaban J connectivity index is 2.16. The highest BCUT2D eigenvalue weighted by Gasteiger charge is 2.17. The predicted molar refractivity (Wildman–Crippen MR) is 78.0 cm³/mol. The molecular weight excluding hydrogens is 240 g/mol. The summed E-state index contributed by atoms with van der Waals surface area (Å²) in [6.07, 6.45) is 0.897. The standard InChI is InChI=1S/C15H20N2S/c1-15(2,3)13-10-18-14(17-13)8-11-5-4-6-12(7-11)9-16/h4-7,10H,8-9,16H2,1-3H3. The summed E-state index contributed by atoms with van der Waals surface area (Å²) < 4.78 is 0. The van der Waals surface area contributed by atoms with Gasteiger partial charge in [0, 0.05) is 23.8 Å². The van der Waals surface area contributed by atoms with E-state index in [1.807, 2.05) is 0 Å². The van der Waals surface area contributed by atoms with Crippen molar-refractivity contribution in [1.29, 1.82) is 0 Å². The molecule has 0 amide bonds. The van der Waals surface area contributed by atoms with Crippen LogP contribution < -0.4 is 5.73 Å². The molecule has 0 atom stereocenters. The molecule has 0 aliphatic heterocycles. The SMILES string of the molecule is CC(C)(C)c1csc(Cc2cccc(CN)c2)n1. The lowest BCUT2D eigenvalue weighted by atomic mass is 9.93. The Hall–Kier alpha value is -1.19. The lowest BCUT2D eigenvalue weighted by Crippen LogP contribution is -2.11. The van der Waals surface area contributed by atoms with Gasteiger partial charge in [0.25, 0.3) is 0 Å². The van der Waals surface area contributed by atoms with Crippen molar-refractivity contribution in [3.63, 3.8) is 0 Å². The van der Waals surface area contributed by atoms with Crippen LogP contribution in [0, 0.1) is 0 Å². The van der Waals surface area contributed by atoms with Gasteiger partial charge in [0.1, 0.15) is 0 Å². The molecule has 0 bridgehead atoms. The van der Waals surface area contributed by atoms with E-state index in [4.69, 9.17) is 10.7 Å². The Morgan fingerprint density at radius 3 is 2.56 bits per heavy atom. The van der Waals surface area contributed by atoms with Gasteiger partial charge in [-0.3, -0.25) is 0 Å². The number of hydrogen-bond donors (Lipinski definition) is 1. The summed E-state index contributed by atoms with van der Waals surface area (Å²) in [5.74, 6) is 0. The summed E-state index contributed by atoms with van der Waals surface area (Å²) in [6, 6.07) is 8.43. The molecule has 0 aliphatic carbocycles. The van der Waals surface area contributed by atoms with Crippen LogP contribution in [0.15, 0.2) is 29.6 Å². The minimum atomic E-state index is 0.133. The van der Waals surface area contributed by atoms with E-state index in [2.05, 4.69) is 50.4 Å². The van der Waals surface area contributed by atoms with Crippen LogP contribution >= 0.6 is 11.3 Å². The van der Waals surface area contributed by atoms with Gasteiger partial charge in [-0.1, -0.05) is 45.0 Å². The van der Waals surface area contributed by atoms with E-state index in [9.17, 15) is 0 Å². The first-order valence-corrected chi connectivity index (χ1v) is 7.10. The molecule has 0 saturated heterocycles. The number of nitrogens with two attached hydrogens (primary N) is 1. The Kier molecular flexibility index (Phi) is 3.83. The second kappa shape index (κ2) is 5.21. The number of aromatic nitrogens is 1. The first-order valence-electron chi connectivity index (χ1n) is 6.22. The van der Waals surface area contributed by atoms with Gasteiger partial charge < -0.3 is 5.73 Å². The third-order valence-electron chi connectivity index (χ3n) is 2.90. The van der Waals surface area contributed by atoms with Crippen molar-refractivity contribution >= 4 is 11.3 Å². The molecular formula is C15H20N2S. The van der Waals surface area contributed by atoms with Gasteiger partial charge in [0.2, 0.25) is 0 Å². The fourth-order valence-corrected chi connectivity index (χ4v) is 2.83. The van der Waals surface area contributed by atoms with Crippen LogP contribution in [-0.2, 0) is 18.4 Å². The molecule has 3 heteroatoms. The molecule has 0 unspecified atom stereocenters. The number of thiazole rings is 1. The minimum Gasteiger partial charge on any atom is -0.326 e. The highest BCUT2D eigenvalue weighted by Crippen LogP contribution is 2.25. The van der Waals surface area contributed by atoms with E-state index in [-0.39, 0.29) is 5.41 Å². The van der Waals surface area contributed by atoms with Gasteiger partial charge in [0.15, 0.2) is 0 Å². The van der Waals surface area contributed by atoms with Gasteiger partial charge in [-0.05, 0) is 11.1 Å². The maximum Gasteiger partial charge on any atom is 0.0972 e. The molecule has 1 aromatic heterocycles. The Bertz CT molecular complexity index is 523.